The summed E-state index contributed by atoms with van der Waals surface area (Å²) >= 11 is 0. The first-order chi connectivity index (χ1) is 8.59. The summed E-state index contributed by atoms with van der Waals surface area (Å²) < 4.78 is 1.69. The first kappa shape index (κ1) is 13.3. The summed E-state index contributed by atoms with van der Waals surface area (Å²) in [6.07, 6.45) is 2.59. The van der Waals surface area contributed by atoms with Gasteiger partial charge in [0.1, 0.15) is 0 Å². The minimum Gasteiger partial charge on any atom is -0.387 e. The third-order valence-electron chi connectivity index (χ3n) is 3.41. The van der Waals surface area contributed by atoms with Crippen LogP contribution in [0.1, 0.15) is 6.42 Å². The number of nitrogens with one attached hydrogen (secondary N) is 1. The van der Waals surface area contributed by atoms with Crippen LogP contribution in [-0.4, -0.2) is 53.4 Å². The van der Waals surface area contributed by atoms with Crippen LogP contribution < -0.4 is 10.9 Å². The number of pyridine rings is 1. The molecule has 100 valence electrons. The van der Waals surface area contributed by atoms with Crippen molar-refractivity contribution in [3.8, 4) is 0 Å². The van der Waals surface area contributed by atoms with Gasteiger partial charge in [0.15, 0.2) is 0 Å². The van der Waals surface area contributed by atoms with Gasteiger partial charge in [0.25, 0.3) is 5.56 Å². The summed E-state index contributed by atoms with van der Waals surface area (Å²) in [5, 5.41) is 13.4. The van der Waals surface area contributed by atoms with Crippen LogP contribution in [0.2, 0.25) is 0 Å². The molecule has 18 heavy (non-hydrogen) atoms. The number of aromatic nitrogens is 1. The lowest BCUT2D eigenvalue weighted by atomic mass is 10.0. The Morgan fingerprint density at radius 3 is 3.06 bits per heavy atom. The smallest absolute Gasteiger partial charge is 0.250 e. The van der Waals surface area contributed by atoms with E-state index in [1.54, 1.807) is 22.9 Å². The van der Waals surface area contributed by atoms with E-state index in [0.29, 0.717) is 19.6 Å². The van der Waals surface area contributed by atoms with Crippen LogP contribution in [0.15, 0.2) is 29.2 Å². The predicted octanol–water partition coefficient (Wildman–Crippen LogP) is -0.495. The molecule has 0 radical (unpaired) electrons. The average Bonchev–Trinajstić information content (AvgIpc) is 2.74. The van der Waals surface area contributed by atoms with Crippen molar-refractivity contribution in [3.63, 3.8) is 0 Å². The van der Waals surface area contributed by atoms with E-state index in [-0.39, 0.29) is 5.56 Å². The van der Waals surface area contributed by atoms with Crippen LogP contribution in [0.3, 0.4) is 0 Å². The van der Waals surface area contributed by atoms with E-state index in [2.05, 4.69) is 10.2 Å². The van der Waals surface area contributed by atoms with Gasteiger partial charge < -0.3 is 19.9 Å². The van der Waals surface area contributed by atoms with Gasteiger partial charge in [-0.3, -0.25) is 4.79 Å². The van der Waals surface area contributed by atoms with Gasteiger partial charge in [-0.2, -0.15) is 0 Å². The first-order valence-electron chi connectivity index (χ1n) is 6.36. The molecule has 1 aliphatic rings. The highest BCUT2D eigenvalue weighted by Crippen LogP contribution is 2.14. The molecular weight excluding hydrogens is 230 g/mol. The Hall–Kier alpha value is -1.17. The molecule has 1 aliphatic heterocycles. The Bertz CT molecular complexity index is 438. The van der Waals surface area contributed by atoms with E-state index in [1.165, 1.54) is 0 Å². The Morgan fingerprint density at radius 1 is 1.56 bits per heavy atom. The van der Waals surface area contributed by atoms with Crippen molar-refractivity contribution >= 4 is 0 Å². The molecule has 1 aromatic rings. The Balaban J connectivity index is 1.83. The number of rotatable bonds is 5. The van der Waals surface area contributed by atoms with E-state index in [1.807, 2.05) is 13.1 Å². The molecule has 2 heterocycles. The molecule has 1 unspecified atom stereocenters. The first-order valence-corrected chi connectivity index (χ1v) is 6.36. The third-order valence-corrected chi connectivity index (χ3v) is 3.41. The van der Waals surface area contributed by atoms with E-state index >= 15 is 0 Å². The van der Waals surface area contributed by atoms with Crippen molar-refractivity contribution in [1.29, 1.82) is 0 Å². The van der Waals surface area contributed by atoms with Crippen molar-refractivity contribution in [2.24, 2.45) is 0 Å². The molecule has 0 saturated carbocycles. The standard InChI is InChI=1S/C13H21N3O2/c1-15(11-13(18)5-6-14-10-13)8-9-16-7-3-2-4-12(16)17/h2-4,7,14,18H,5-6,8-11H2,1H3. The summed E-state index contributed by atoms with van der Waals surface area (Å²) in [4.78, 5) is 13.6. The van der Waals surface area contributed by atoms with Gasteiger partial charge in [-0.15, -0.1) is 0 Å². The highest BCUT2D eigenvalue weighted by Gasteiger charge is 2.31. The van der Waals surface area contributed by atoms with Crippen LogP contribution in [0.4, 0.5) is 0 Å². The molecule has 2 rings (SSSR count). The fourth-order valence-corrected chi connectivity index (χ4v) is 2.37. The lowest BCUT2D eigenvalue weighted by Gasteiger charge is -2.28. The minimum absolute atomic E-state index is 0.0205. The van der Waals surface area contributed by atoms with E-state index < -0.39 is 5.60 Å². The highest BCUT2D eigenvalue weighted by atomic mass is 16.3. The van der Waals surface area contributed by atoms with Crippen LogP contribution >= 0.6 is 0 Å². The quantitative estimate of drug-likeness (QED) is 0.741. The van der Waals surface area contributed by atoms with Crippen molar-refractivity contribution < 1.29 is 5.11 Å². The molecule has 0 aliphatic carbocycles. The summed E-state index contributed by atoms with van der Waals surface area (Å²) in [6, 6.07) is 5.17. The van der Waals surface area contributed by atoms with Crippen LogP contribution in [0.25, 0.3) is 0 Å². The maximum absolute atomic E-state index is 11.5. The third kappa shape index (κ3) is 3.41. The van der Waals surface area contributed by atoms with E-state index in [9.17, 15) is 9.90 Å². The average molecular weight is 251 g/mol. The zero-order chi connectivity index (χ0) is 13.0. The van der Waals surface area contributed by atoms with Crippen molar-refractivity contribution in [3.05, 3.63) is 34.7 Å². The molecule has 1 aromatic heterocycles. The van der Waals surface area contributed by atoms with Gasteiger partial charge in [0.05, 0.1) is 5.60 Å². The van der Waals surface area contributed by atoms with E-state index in [0.717, 1.165) is 19.5 Å². The molecule has 5 heteroatoms. The largest absolute Gasteiger partial charge is 0.387 e. The van der Waals surface area contributed by atoms with Crippen LogP contribution in [0.5, 0.6) is 0 Å². The molecule has 0 amide bonds. The zero-order valence-corrected chi connectivity index (χ0v) is 10.8. The highest BCUT2D eigenvalue weighted by molar-refractivity contribution is 4.93. The van der Waals surface area contributed by atoms with Crippen molar-refractivity contribution in [2.45, 2.75) is 18.6 Å². The van der Waals surface area contributed by atoms with Crippen LogP contribution in [0, 0.1) is 0 Å². The van der Waals surface area contributed by atoms with Crippen molar-refractivity contribution in [1.82, 2.24) is 14.8 Å². The Morgan fingerprint density at radius 2 is 2.39 bits per heavy atom. The molecule has 0 bridgehead atoms. The fourth-order valence-electron chi connectivity index (χ4n) is 2.37. The second-order valence-corrected chi connectivity index (χ2v) is 5.12. The number of β-amino-alcohol motifs (C(OH)–C–C–N with tert-alkyl or cyclic N) is 1. The molecule has 5 nitrogen and oxygen atoms in total. The monoisotopic (exact) mass is 251 g/mol. The van der Waals surface area contributed by atoms with Gasteiger partial charge >= 0.3 is 0 Å². The topological polar surface area (TPSA) is 57.5 Å². The number of likely N-dealkylation sites (N-methyl/N-ethyl adjacent to an activating group) is 1. The van der Waals surface area contributed by atoms with Gasteiger partial charge in [0, 0.05) is 38.4 Å². The number of aliphatic hydroxyl groups is 1. The van der Waals surface area contributed by atoms with Gasteiger partial charge in [-0.25, -0.2) is 0 Å². The number of nitrogens with zero attached hydrogens (tertiary/aromatic N) is 2. The molecular formula is C13H21N3O2. The number of hydrogen-bond donors (Lipinski definition) is 2. The minimum atomic E-state index is -0.615. The molecule has 1 fully saturated rings. The normalized spacial score (nSPS) is 23.7. The molecule has 0 aromatic carbocycles. The van der Waals surface area contributed by atoms with Gasteiger partial charge in [0.2, 0.25) is 0 Å². The Kier molecular flexibility index (Phi) is 4.16. The van der Waals surface area contributed by atoms with Gasteiger partial charge in [-0.05, 0) is 26.1 Å². The van der Waals surface area contributed by atoms with Gasteiger partial charge in [-0.1, -0.05) is 6.07 Å². The summed E-state index contributed by atoms with van der Waals surface area (Å²) in [7, 11) is 1.98. The van der Waals surface area contributed by atoms with Crippen LogP contribution in [-0.2, 0) is 6.54 Å². The lowest BCUT2D eigenvalue weighted by Crippen LogP contribution is -2.44. The fraction of sp³-hybridized carbons (Fsp3) is 0.615. The predicted molar refractivity (Wildman–Crippen MR) is 70.6 cm³/mol. The summed E-state index contributed by atoms with van der Waals surface area (Å²) in [5.41, 5.74) is -0.594. The summed E-state index contributed by atoms with van der Waals surface area (Å²) in [6.45, 7) is 3.58. The maximum Gasteiger partial charge on any atom is 0.250 e. The maximum atomic E-state index is 11.5. The second kappa shape index (κ2) is 5.65. The molecule has 0 spiro atoms. The SMILES string of the molecule is CN(CCn1ccccc1=O)CC1(O)CCNC1. The number of hydrogen-bond acceptors (Lipinski definition) is 4. The van der Waals surface area contributed by atoms with E-state index in [4.69, 9.17) is 0 Å². The van der Waals surface area contributed by atoms with Crippen molar-refractivity contribution in [2.75, 3.05) is 33.2 Å². The zero-order valence-electron chi connectivity index (χ0n) is 10.8. The molecule has 1 atom stereocenters. The Labute approximate surface area is 107 Å². The molecule has 2 N–H and O–H groups in total. The summed E-state index contributed by atoms with van der Waals surface area (Å²) in [5.74, 6) is 0. The molecule has 1 saturated heterocycles. The lowest BCUT2D eigenvalue weighted by molar-refractivity contribution is 0.0275. The second-order valence-electron chi connectivity index (χ2n) is 5.12.